The van der Waals surface area contributed by atoms with E-state index in [9.17, 15) is 9.59 Å². The number of carboxylic acid groups (broad SMARTS) is 1. The fourth-order valence-electron chi connectivity index (χ4n) is 0.820. The molecule has 0 spiro atoms. The van der Waals surface area contributed by atoms with Gasteiger partial charge in [-0.15, -0.1) is 0 Å². The van der Waals surface area contributed by atoms with E-state index >= 15 is 0 Å². The molecule has 0 aliphatic carbocycles. The van der Waals surface area contributed by atoms with Crippen LogP contribution in [0.3, 0.4) is 0 Å². The number of carbonyl (C=O) groups is 2. The first-order valence-corrected chi connectivity index (χ1v) is 5.95. The SMILES string of the molecule is CC(C)(C)ON[C@@H](CC(=O)O)C(=O)OOC(C)(C)C. The molecule has 0 unspecified atom stereocenters. The summed E-state index contributed by atoms with van der Waals surface area (Å²) in [4.78, 5) is 37.0. The zero-order valence-electron chi connectivity index (χ0n) is 12.3. The highest BCUT2D eigenvalue weighted by atomic mass is 17.2. The van der Waals surface area contributed by atoms with Gasteiger partial charge in [0.1, 0.15) is 11.6 Å². The topological polar surface area (TPSA) is 94.1 Å². The molecule has 0 aliphatic rings. The van der Waals surface area contributed by atoms with Gasteiger partial charge in [-0.25, -0.2) is 4.79 Å². The lowest BCUT2D eigenvalue weighted by molar-refractivity contribution is -0.323. The van der Waals surface area contributed by atoms with Crippen LogP contribution in [0, 0.1) is 0 Å². The van der Waals surface area contributed by atoms with E-state index in [1.54, 1.807) is 41.5 Å². The first-order chi connectivity index (χ1) is 8.41. The fourth-order valence-corrected chi connectivity index (χ4v) is 0.820. The molecule has 0 aromatic carbocycles. The molecule has 0 bridgehead atoms. The predicted octanol–water partition coefficient (Wildman–Crippen LogP) is 1.42. The number of hydroxylamine groups is 1. The smallest absolute Gasteiger partial charge is 0.362 e. The van der Waals surface area contributed by atoms with Gasteiger partial charge >= 0.3 is 11.9 Å². The highest BCUT2D eigenvalue weighted by molar-refractivity contribution is 5.81. The van der Waals surface area contributed by atoms with Crippen molar-refractivity contribution in [2.45, 2.75) is 65.2 Å². The highest BCUT2D eigenvalue weighted by Gasteiger charge is 2.28. The molecule has 1 atom stereocenters. The van der Waals surface area contributed by atoms with Gasteiger partial charge in [-0.05, 0) is 41.5 Å². The van der Waals surface area contributed by atoms with Gasteiger partial charge in [0.05, 0.1) is 12.0 Å². The van der Waals surface area contributed by atoms with Crippen LogP contribution in [-0.2, 0) is 24.2 Å². The maximum atomic E-state index is 11.7. The Morgan fingerprint density at radius 3 is 2.00 bits per heavy atom. The highest BCUT2D eigenvalue weighted by Crippen LogP contribution is 2.10. The third kappa shape index (κ3) is 10.4. The number of hydrogen-bond acceptors (Lipinski definition) is 6. The summed E-state index contributed by atoms with van der Waals surface area (Å²) in [7, 11) is 0. The zero-order valence-corrected chi connectivity index (χ0v) is 12.3. The number of carboxylic acids is 1. The molecule has 0 radical (unpaired) electrons. The molecule has 0 rings (SSSR count). The molecule has 0 heterocycles. The molecule has 0 aromatic heterocycles. The summed E-state index contributed by atoms with van der Waals surface area (Å²) in [6, 6.07) is -1.14. The Kier molecular flexibility index (Phi) is 6.41. The second-order valence-electron chi connectivity index (χ2n) is 6.08. The molecule has 0 saturated heterocycles. The number of aliphatic carboxylic acids is 1. The van der Waals surface area contributed by atoms with Crippen LogP contribution in [0.2, 0.25) is 0 Å². The lowest BCUT2D eigenvalue weighted by Crippen LogP contribution is -2.44. The molecule has 0 fully saturated rings. The molecule has 0 saturated carbocycles. The first kappa shape index (κ1) is 17.8. The van der Waals surface area contributed by atoms with Crippen LogP contribution in [0.4, 0.5) is 0 Å². The summed E-state index contributed by atoms with van der Waals surface area (Å²) < 4.78 is 0. The van der Waals surface area contributed by atoms with Gasteiger partial charge < -0.3 is 5.11 Å². The monoisotopic (exact) mass is 277 g/mol. The van der Waals surface area contributed by atoms with E-state index in [0.717, 1.165) is 0 Å². The molecular formula is C12H23NO6. The fraction of sp³-hybridized carbons (Fsp3) is 0.833. The Morgan fingerprint density at radius 1 is 1.11 bits per heavy atom. The maximum absolute atomic E-state index is 11.7. The van der Waals surface area contributed by atoms with Crippen molar-refractivity contribution in [2.75, 3.05) is 0 Å². The Bertz CT molecular complexity index is 315. The van der Waals surface area contributed by atoms with Gasteiger partial charge in [-0.2, -0.15) is 10.4 Å². The minimum absolute atomic E-state index is 0.470. The Hall–Kier alpha value is -1.18. The van der Waals surface area contributed by atoms with Crippen LogP contribution in [0.15, 0.2) is 0 Å². The summed E-state index contributed by atoms with van der Waals surface area (Å²) in [5.74, 6) is -2.00. The van der Waals surface area contributed by atoms with E-state index < -0.39 is 35.6 Å². The van der Waals surface area contributed by atoms with Crippen molar-refractivity contribution < 1.29 is 29.3 Å². The van der Waals surface area contributed by atoms with Gasteiger partial charge in [0, 0.05) is 0 Å². The average Bonchev–Trinajstić information content (AvgIpc) is 2.18. The normalized spacial score (nSPS) is 14.0. The molecule has 0 aliphatic heterocycles. The van der Waals surface area contributed by atoms with Crippen molar-refractivity contribution in [3.63, 3.8) is 0 Å². The van der Waals surface area contributed by atoms with E-state index in [1.807, 2.05) is 0 Å². The van der Waals surface area contributed by atoms with Crippen LogP contribution in [-0.4, -0.2) is 34.3 Å². The van der Waals surface area contributed by atoms with Gasteiger partial charge in [-0.1, -0.05) is 0 Å². The van der Waals surface area contributed by atoms with E-state index in [2.05, 4.69) is 10.4 Å². The number of nitrogens with one attached hydrogen (secondary N) is 1. The molecule has 19 heavy (non-hydrogen) atoms. The van der Waals surface area contributed by atoms with E-state index in [1.165, 1.54) is 0 Å². The molecule has 7 nitrogen and oxygen atoms in total. The summed E-state index contributed by atoms with van der Waals surface area (Å²) in [5.41, 5.74) is 1.15. The molecular weight excluding hydrogens is 254 g/mol. The van der Waals surface area contributed by atoms with E-state index in [0.29, 0.717) is 0 Å². The van der Waals surface area contributed by atoms with Crippen LogP contribution < -0.4 is 5.48 Å². The van der Waals surface area contributed by atoms with Crippen LogP contribution in [0.5, 0.6) is 0 Å². The molecule has 0 amide bonds. The van der Waals surface area contributed by atoms with Crippen molar-refractivity contribution in [1.82, 2.24) is 5.48 Å². The maximum Gasteiger partial charge on any atom is 0.362 e. The molecule has 7 heteroatoms. The Balaban J connectivity index is 4.48. The van der Waals surface area contributed by atoms with Crippen LogP contribution >= 0.6 is 0 Å². The number of hydrogen-bond donors (Lipinski definition) is 2. The summed E-state index contributed by atoms with van der Waals surface area (Å²) in [6.07, 6.45) is -0.470. The third-order valence-electron chi connectivity index (χ3n) is 1.54. The number of rotatable bonds is 6. The van der Waals surface area contributed by atoms with Gasteiger partial charge in [0.15, 0.2) is 0 Å². The zero-order chi connectivity index (χ0) is 15.3. The Morgan fingerprint density at radius 2 is 1.63 bits per heavy atom. The van der Waals surface area contributed by atoms with Crippen molar-refractivity contribution in [1.29, 1.82) is 0 Å². The standard InChI is InChI=1S/C12H23NO6/c1-11(2,3)18-13-8(7-9(14)15)10(16)17-19-12(4,5)6/h8,13H,7H2,1-6H3,(H,14,15)/t8-/m0/s1. The summed E-state index contributed by atoms with van der Waals surface area (Å²) in [6.45, 7) is 10.4. The van der Waals surface area contributed by atoms with Crippen LogP contribution in [0.25, 0.3) is 0 Å². The predicted molar refractivity (Wildman–Crippen MR) is 66.9 cm³/mol. The molecule has 2 N–H and O–H groups in total. The molecule has 0 aromatic rings. The third-order valence-corrected chi connectivity index (χ3v) is 1.54. The van der Waals surface area contributed by atoms with E-state index in [-0.39, 0.29) is 0 Å². The van der Waals surface area contributed by atoms with Crippen LogP contribution in [0.1, 0.15) is 48.0 Å². The molecule has 112 valence electrons. The second kappa shape index (κ2) is 6.83. The van der Waals surface area contributed by atoms with Crippen molar-refractivity contribution in [2.24, 2.45) is 0 Å². The second-order valence-corrected chi connectivity index (χ2v) is 6.08. The van der Waals surface area contributed by atoms with Crippen molar-refractivity contribution in [3.8, 4) is 0 Å². The quantitative estimate of drug-likeness (QED) is 0.560. The van der Waals surface area contributed by atoms with Gasteiger partial charge in [0.25, 0.3) is 0 Å². The Labute approximate surface area is 113 Å². The summed E-state index contributed by atoms with van der Waals surface area (Å²) >= 11 is 0. The van der Waals surface area contributed by atoms with E-state index in [4.69, 9.17) is 14.8 Å². The first-order valence-electron chi connectivity index (χ1n) is 5.95. The van der Waals surface area contributed by atoms with Crippen molar-refractivity contribution >= 4 is 11.9 Å². The van der Waals surface area contributed by atoms with Crippen molar-refractivity contribution in [3.05, 3.63) is 0 Å². The lowest BCUT2D eigenvalue weighted by atomic mass is 10.2. The minimum Gasteiger partial charge on any atom is -0.481 e. The summed E-state index contributed by atoms with van der Waals surface area (Å²) in [5, 5.41) is 8.75. The van der Waals surface area contributed by atoms with Gasteiger partial charge in [0.2, 0.25) is 0 Å². The minimum atomic E-state index is -1.15. The largest absolute Gasteiger partial charge is 0.481 e. The van der Waals surface area contributed by atoms with Gasteiger partial charge in [-0.3, -0.25) is 14.5 Å². The number of carbonyl (C=O) groups excluding carboxylic acids is 1. The lowest BCUT2D eigenvalue weighted by Gasteiger charge is -2.24. The average molecular weight is 277 g/mol.